The maximum absolute atomic E-state index is 13.3. The van der Waals surface area contributed by atoms with Crippen molar-refractivity contribution in [3.05, 3.63) is 66.8 Å². The Morgan fingerprint density at radius 3 is 2.79 bits per heavy atom. The molecule has 0 aliphatic rings. The minimum atomic E-state index is -2.84. The number of aryl methyl sites for hydroxylation is 1. The highest BCUT2D eigenvalue weighted by Crippen LogP contribution is 2.29. The van der Waals surface area contributed by atoms with E-state index in [9.17, 15) is 13.6 Å². The number of nitrogens with zero attached hydrogens (tertiary/aromatic N) is 4. The standard InChI is InChI=1S/C18H10ClF2IN4O2/c1-8-5-9(22)6-10-14(8)24-17(28-18(10)27)13-7-12(15(20)21)25-26(13)16-11(19)3-2-4-23-16/h2-7,15H,1H3. The van der Waals surface area contributed by atoms with Crippen molar-refractivity contribution in [1.29, 1.82) is 0 Å². The zero-order valence-electron chi connectivity index (χ0n) is 14.2. The summed E-state index contributed by atoms with van der Waals surface area (Å²) in [5.41, 5.74) is 0.0886. The summed E-state index contributed by atoms with van der Waals surface area (Å²) in [5, 5.41) is 4.39. The third-order valence-corrected chi connectivity index (χ3v) is 4.92. The predicted molar refractivity (Wildman–Crippen MR) is 108 cm³/mol. The van der Waals surface area contributed by atoms with E-state index in [2.05, 4.69) is 37.7 Å². The van der Waals surface area contributed by atoms with E-state index in [1.807, 2.05) is 6.07 Å². The van der Waals surface area contributed by atoms with Crippen LogP contribution in [-0.2, 0) is 0 Å². The summed E-state index contributed by atoms with van der Waals surface area (Å²) in [6.07, 6.45) is -1.39. The van der Waals surface area contributed by atoms with Crippen LogP contribution in [0.2, 0.25) is 5.02 Å². The van der Waals surface area contributed by atoms with Gasteiger partial charge in [0.1, 0.15) is 11.4 Å². The number of hydrogen-bond acceptors (Lipinski definition) is 5. The lowest BCUT2D eigenvalue weighted by Gasteiger charge is -2.08. The number of aromatic nitrogens is 4. The van der Waals surface area contributed by atoms with Gasteiger partial charge in [-0.15, -0.1) is 0 Å². The number of pyridine rings is 1. The molecule has 4 aromatic rings. The molecule has 0 bridgehead atoms. The smallest absolute Gasteiger partial charge is 0.347 e. The molecule has 0 saturated heterocycles. The van der Waals surface area contributed by atoms with Gasteiger partial charge in [0.05, 0.1) is 15.9 Å². The first-order valence-electron chi connectivity index (χ1n) is 7.95. The minimum absolute atomic E-state index is 0.0489. The van der Waals surface area contributed by atoms with Crippen molar-refractivity contribution in [1.82, 2.24) is 19.7 Å². The van der Waals surface area contributed by atoms with Crippen LogP contribution in [0.15, 0.2) is 45.7 Å². The van der Waals surface area contributed by atoms with E-state index in [1.165, 1.54) is 6.20 Å². The molecule has 28 heavy (non-hydrogen) atoms. The van der Waals surface area contributed by atoms with Crippen LogP contribution in [0.5, 0.6) is 0 Å². The van der Waals surface area contributed by atoms with Crippen LogP contribution >= 0.6 is 34.2 Å². The molecule has 0 fully saturated rings. The van der Waals surface area contributed by atoms with Crippen molar-refractivity contribution in [2.24, 2.45) is 0 Å². The predicted octanol–water partition coefficient (Wildman–Crippen LogP) is 4.94. The summed E-state index contributed by atoms with van der Waals surface area (Å²) < 4.78 is 33.9. The Bertz CT molecular complexity index is 1270. The summed E-state index contributed by atoms with van der Waals surface area (Å²) in [6, 6.07) is 7.77. The number of benzene rings is 1. The first kappa shape index (κ1) is 18.9. The number of halogens is 4. The van der Waals surface area contributed by atoms with E-state index in [4.69, 9.17) is 16.0 Å². The average molecular weight is 515 g/mol. The average Bonchev–Trinajstić information content (AvgIpc) is 3.08. The number of fused-ring (bicyclic) bond motifs is 1. The molecule has 3 heterocycles. The summed E-state index contributed by atoms with van der Waals surface area (Å²) >= 11 is 8.24. The van der Waals surface area contributed by atoms with Gasteiger partial charge in [0, 0.05) is 9.77 Å². The normalized spacial score (nSPS) is 11.5. The molecule has 0 amide bonds. The molecule has 10 heteroatoms. The van der Waals surface area contributed by atoms with Gasteiger partial charge in [0.2, 0.25) is 5.89 Å². The van der Waals surface area contributed by atoms with Crippen molar-refractivity contribution in [2.45, 2.75) is 13.3 Å². The molecular formula is C18H10ClF2IN4O2. The fourth-order valence-electron chi connectivity index (χ4n) is 2.77. The van der Waals surface area contributed by atoms with Gasteiger partial charge in [-0.25, -0.2) is 28.2 Å². The molecule has 0 radical (unpaired) electrons. The Morgan fingerprint density at radius 1 is 1.29 bits per heavy atom. The van der Waals surface area contributed by atoms with Gasteiger partial charge in [-0.3, -0.25) is 0 Å². The maximum atomic E-state index is 13.3. The van der Waals surface area contributed by atoms with Crippen molar-refractivity contribution in [3.8, 4) is 17.4 Å². The van der Waals surface area contributed by atoms with E-state index < -0.39 is 17.7 Å². The molecule has 0 aliphatic carbocycles. The van der Waals surface area contributed by atoms with E-state index in [1.54, 1.807) is 25.1 Å². The van der Waals surface area contributed by atoms with Crippen molar-refractivity contribution in [2.75, 3.05) is 0 Å². The Hall–Kier alpha value is -2.40. The van der Waals surface area contributed by atoms with E-state index in [-0.39, 0.29) is 22.4 Å². The van der Waals surface area contributed by atoms with Gasteiger partial charge >= 0.3 is 5.63 Å². The zero-order chi connectivity index (χ0) is 20.0. The van der Waals surface area contributed by atoms with Crippen LogP contribution in [-0.4, -0.2) is 19.7 Å². The molecular weight excluding hydrogens is 505 g/mol. The Kier molecular flexibility index (Phi) is 4.88. The molecule has 0 spiro atoms. The largest absolute Gasteiger partial charge is 0.401 e. The quantitative estimate of drug-likeness (QED) is 0.362. The van der Waals surface area contributed by atoms with Gasteiger partial charge in [-0.1, -0.05) is 11.6 Å². The number of hydrogen-bond donors (Lipinski definition) is 0. The molecule has 0 unspecified atom stereocenters. The van der Waals surface area contributed by atoms with Crippen LogP contribution in [0.4, 0.5) is 8.78 Å². The van der Waals surface area contributed by atoms with E-state index in [0.29, 0.717) is 10.9 Å². The zero-order valence-corrected chi connectivity index (χ0v) is 17.1. The van der Waals surface area contributed by atoms with Crippen molar-refractivity contribution in [3.63, 3.8) is 0 Å². The summed E-state index contributed by atoms with van der Waals surface area (Å²) in [7, 11) is 0. The minimum Gasteiger partial charge on any atom is -0.401 e. The van der Waals surface area contributed by atoms with Gasteiger partial charge in [-0.2, -0.15) is 5.10 Å². The molecule has 142 valence electrons. The van der Waals surface area contributed by atoms with Crippen molar-refractivity contribution >= 4 is 45.1 Å². The first-order valence-corrected chi connectivity index (χ1v) is 9.41. The molecule has 6 nitrogen and oxygen atoms in total. The summed E-state index contributed by atoms with van der Waals surface area (Å²) in [6.45, 7) is 1.80. The number of alkyl halides is 2. The Balaban J connectivity index is 2.02. The molecule has 0 atom stereocenters. The first-order chi connectivity index (χ1) is 13.3. The maximum Gasteiger partial charge on any atom is 0.347 e. The summed E-state index contributed by atoms with van der Waals surface area (Å²) in [5.74, 6) is -0.0297. The van der Waals surface area contributed by atoms with E-state index >= 15 is 0 Å². The van der Waals surface area contributed by atoms with Gasteiger partial charge < -0.3 is 4.42 Å². The van der Waals surface area contributed by atoms with Crippen LogP contribution < -0.4 is 5.63 Å². The summed E-state index contributed by atoms with van der Waals surface area (Å²) in [4.78, 5) is 21.0. The van der Waals surface area contributed by atoms with Gasteiger partial charge in [0.15, 0.2) is 5.82 Å². The molecule has 0 saturated carbocycles. The van der Waals surface area contributed by atoms with Crippen LogP contribution in [0, 0.1) is 10.5 Å². The number of rotatable bonds is 3. The third kappa shape index (κ3) is 3.28. The molecule has 1 aromatic carbocycles. The third-order valence-electron chi connectivity index (χ3n) is 4.00. The highest BCUT2D eigenvalue weighted by Gasteiger charge is 2.23. The molecule has 0 aliphatic heterocycles. The van der Waals surface area contributed by atoms with Crippen LogP contribution in [0.25, 0.3) is 28.3 Å². The van der Waals surface area contributed by atoms with Crippen LogP contribution in [0.3, 0.4) is 0 Å². The highest BCUT2D eigenvalue weighted by atomic mass is 127. The van der Waals surface area contributed by atoms with Gasteiger partial charge in [0.25, 0.3) is 6.43 Å². The fourth-order valence-corrected chi connectivity index (χ4v) is 3.75. The second kappa shape index (κ2) is 7.21. The van der Waals surface area contributed by atoms with E-state index in [0.717, 1.165) is 19.9 Å². The topological polar surface area (TPSA) is 73.8 Å². The monoisotopic (exact) mass is 514 g/mol. The SMILES string of the molecule is Cc1cc(I)cc2c(=O)oc(-c3cc(C(F)F)nn3-c3ncccc3Cl)nc12. The fraction of sp³-hybridized carbons (Fsp3) is 0.111. The highest BCUT2D eigenvalue weighted by molar-refractivity contribution is 14.1. The lowest BCUT2D eigenvalue weighted by atomic mass is 10.1. The lowest BCUT2D eigenvalue weighted by molar-refractivity contribution is 0.145. The molecule has 4 rings (SSSR count). The van der Waals surface area contributed by atoms with Gasteiger partial charge in [-0.05, 0) is 65.4 Å². The molecule has 3 aromatic heterocycles. The second-order valence-electron chi connectivity index (χ2n) is 5.90. The Labute approximate surface area is 175 Å². The lowest BCUT2D eigenvalue weighted by Crippen LogP contribution is -2.08. The second-order valence-corrected chi connectivity index (χ2v) is 7.55. The molecule has 0 N–H and O–H groups in total. The van der Waals surface area contributed by atoms with Crippen LogP contribution in [0.1, 0.15) is 17.7 Å². The Morgan fingerprint density at radius 2 is 2.07 bits per heavy atom. The van der Waals surface area contributed by atoms with Crippen molar-refractivity contribution < 1.29 is 13.2 Å².